The van der Waals surface area contributed by atoms with Crippen LogP contribution in [0.2, 0.25) is 0 Å². The van der Waals surface area contributed by atoms with Crippen molar-refractivity contribution in [2.75, 3.05) is 0 Å². The molecule has 0 aliphatic heterocycles. The van der Waals surface area contributed by atoms with Crippen molar-refractivity contribution in [1.29, 1.82) is 0 Å². The lowest BCUT2D eigenvalue weighted by Gasteiger charge is -2.10. The van der Waals surface area contributed by atoms with Crippen LogP contribution in [0.5, 0.6) is 0 Å². The molecule has 106 valence electrons. The normalized spacial score (nSPS) is 11.4. The second kappa shape index (κ2) is 5.92. The maximum Gasteiger partial charge on any atom is 0.241 e. The first-order chi connectivity index (χ1) is 9.42. The summed E-state index contributed by atoms with van der Waals surface area (Å²) in [6, 6.07) is 3.65. The van der Waals surface area contributed by atoms with E-state index in [9.17, 15) is 12.8 Å². The molecule has 0 atom stereocenters. The van der Waals surface area contributed by atoms with Crippen molar-refractivity contribution in [1.82, 2.24) is 9.71 Å². The Hall–Kier alpha value is -1.42. The Labute approximate surface area is 124 Å². The Kier molecular flexibility index (Phi) is 4.43. The van der Waals surface area contributed by atoms with E-state index in [-0.39, 0.29) is 22.0 Å². The maximum absolute atomic E-state index is 13.7. The van der Waals surface area contributed by atoms with Crippen molar-refractivity contribution >= 4 is 38.6 Å². The van der Waals surface area contributed by atoms with Gasteiger partial charge in [-0.1, -0.05) is 18.3 Å². The number of aromatic nitrogens is 1. The summed E-state index contributed by atoms with van der Waals surface area (Å²) >= 11 is 6.02. The van der Waals surface area contributed by atoms with Crippen molar-refractivity contribution in [2.45, 2.75) is 11.4 Å². The van der Waals surface area contributed by atoms with Gasteiger partial charge < -0.3 is 5.73 Å². The fourth-order valence-corrected chi connectivity index (χ4v) is 3.67. The minimum Gasteiger partial charge on any atom is -0.389 e. The summed E-state index contributed by atoms with van der Waals surface area (Å²) in [7, 11) is -3.91. The molecule has 1 aromatic carbocycles. The van der Waals surface area contributed by atoms with Crippen LogP contribution in [-0.4, -0.2) is 18.4 Å². The first kappa shape index (κ1) is 15.0. The van der Waals surface area contributed by atoms with Gasteiger partial charge in [0.15, 0.2) is 0 Å². The van der Waals surface area contributed by atoms with Crippen LogP contribution in [0.3, 0.4) is 0 Å². The average molecular weight is 331 g/mol. The zero-order valence-electron chi connectivity index (χ0n) is 10.0. The SMILES string of the molecule is NC(=S)c1c(F)cccc1S(=O)(=O)NCc1cncs1. The van der Waals surface area contributed by atoms with E-state index in [4.69, 9.17) is 18.0 Å². The lowest BCUT2D eigenvalue weighted by molar-refractivity contribution is 0.577. The van der Waals surface area contributed by atoms with Crippen LogP contribution in [0.4, 0.5) is 4.39 Å². The van der Waals surface area contributed by atoms with Crippen LogP contribution in [-0.2, 0) is 16.6 Å². The first-order valence-electron chi connectivity index (χ1n) is 5.37. The number of thiazole rings is 1. The number of thiocarbonyl (C=S) groups is 1. The number of sulfonamides is 1. The monoisotopic (exact) mass is 331 g/mol. The average Bonchev–Trinajstić information content (AvgIpc) is 2.89. The summed E-state index contributed by atoms with van der Waals surface area (Å²) in [5.74, 6) is -0.766. The molecule has 1 aromatic heterocycles. The van der Waals surface area contributed by atoms with Crippen LogP contribution in [0.25, 0.3) is 0 Å². The minimum atomic E-state index is -3.91. The van der Waals surface area contributed by atoms with Crippen LogP contribution >= 0.6 is 23.6 Å². The van der Waals surface area contributed by atoms with E-state index < -0.39 is 15.8 Å². The number of benzene rings is 1. The number of rotatable bonds is 5. The van der Waals surface area contributed by atoms with E-state index in [0.717, 1.165) is 10.9 Å². The predicted octanol–water partition coefficient (Wildman–Crippen LogP) is 1.39. The van der Waals surface area contributed by atoms with E-state index in [1.807, 2.05) is 0 Å². The number of hydrogen-bond donors (Lipinski definition) is 2. The molecule has 20 heavy (non-hydrogen) atoms. The molecule has 9 heteroatoms. The Morgan fingerprint density at radius 1 is 1.50 bits per heavy atom. The van der Waals surface area contributed by atoms with Crippen molar-refractivity contribution in [2.24, 2.45) is 5.73 Å². The molecule has 2 rings (SSSR count). The Morgan fingerprint density at radius 2 is 2.25 bits per heavy atom. The van der Waals surface area contributed by atoms with Crippen LogP contribution < -0.4 is 10.5 Å². The smallest absolute Gasteiger partial charge is 0.241 e. The molecule has 0 saturated heterocycles. The molecule has 3 N–H and O–H groups in total. The van der Waals surface area contributed by atoms with Gasteiger partial charge in [0, 0.05) is 17.6 Å². The van der Waals surface area contributed by atoms with Crippen molar-refractivity contribution < 1.29 is 12.8 Å². The lowest BCUT2D eigenvalue weighted by Crippen LogP contribution is -2.26. The molecule has 0 spiro atoms. The molecular formula is C11H10FN3O2S3. The van der Waals surface area contributed by atoms with Crippen molar-refractivity contribution in [3.8, 4) is 0 Å². The van der Waals surface area contributed by atoms with Crippen molar-refractivity contribution in [3.63, 3.8) is 0 Å². The van der Waals surface area contributed by atoms with Crippen LogP contribution in [0, 0.1) is 5.82 Å². The second-order valence-corrected chi connectivity index (χ2v) is 6.92. The van der Waals surface area contributed by atoms with E-state index >= 15 is 0 Å². The largest absolute Gasteiger partial charge is 0.389 e. The molecule has 0 radical (unpaired) electrons. The van der Waals surface area contributed by atoms with Gasteiger partial charge in [-0.3, -0.25) is 4.98 Å². The number of nitrogens with two attached hydrogens (primary N) is 1. The van der Waals surface area contributed by atoms with Gasteiger partial charge in [0.2, 0.25) is 10.0 Å². The van der Waals surface area contributed by atoms with Crippen LogP contribution in [0.15, 0.2) is 34.8 Å². The summed E-state index contributed by atoms with van der Waals surface area (Å²) in [4.78, 5) is 4.00. The number of hydrogen-bond acceptors (Lipinski definition) is 5. The van der Waals surface area contributed by atoms with E-state index in [0.29, 0.717) is 0 Å². The van der Waals surface area contributed by atoms with E-state index in [2.05, 4.69) is 9.71 Å². The molecule has 0 aliphatic rings. The Bertz CT molecular complexity index is 729. The topological polar surface area (TPSA) is 85.1 Å². The van der Waals surface area contributed by atoms with Gasteiger partial charge in [0.05, 0.1) is 16.0 Å². The zero-order valence-corrected chi connectivity index (χ0v) is 12.5. The summed E-state index contributed by atoms with van der Waals surface area (Å²) in [6.07, 6.45) is 1.55. The molecule has 0 amide bonds. The number of halogens is 1. The van der Waals surface area contributed by atoms with Gasteiger partial charge in [0.25, 0.3) is 0 Å². The minimum absolute atomic E-state index is 0.0697. The summed E-state index contributed by atoms with van der Waals surface area (Å²) < 4.78 is 40.4. The Morgan fingerprint density at radius 3 is 2.85 bits per heavy atom. The fourth-order valence-electron chi connectivity index (χ4n) is 1.54. The molecule has 2 aromatic rings. The highest BCUT2D eigenvalue weighted by Gasteiger charge is 2.22. The number of nitrogens with one attached hydrogen (secondary N) is 1. The highest BCUT2D eigenvalue weighted by Crippen LogP contribution is 2.19. The summed E-state index contributed by atoms with van der Waals surface area (Å²) in [5, 5.41) is 0. The third kappa shape index (κ3) is 3.18. The zero-order chi connectivity index (χ0) is 14.8. The van der Waals surface area contributed by atoms with Crippen LogP contribution in [0.1, 0.15) is 10.4 Å². The second-order valence-electron chi connectivity index (χ2n) is 3.77. The van der Waals surface area contributed by atoms with E-state index in [1.54, 1.807) is 11.7 Å². The third-order valence-corrected chi connectivity index (χ3v) is 4.86. The van der Waals surface area contributed by atoms with Gasteiger partial charge in [0.1, 0.15) is 10.8 Å². The van der Waals surface area contributed by atoms with E-state index in [1.165, 1.54) is 23.5 Å². The van der Waals surface area contributed by atoms with Gasteiger partial charge in [-0.2, -0.15) is 0 Å². The molecule has 0 aliphatic carbocycles. The summed E-state index contributed by atoms with van der Waals surface area (Å²) in [5.41, 5.74) is 6.71. The molecule has 5 nitrogen and oxygen atoms in total. The molecule has 0 saturated carbocycles. The van der Waals surface area contributed by atoms with Gasteiger partial charge in [-0.05, 0) is 12.1 Å². The quantitative estimate of drug-likeness (QED) is 0.809. The molecular weight excluding hydrogens is 321 g/mol. The highest BCUT2D eigenvalue weighted by atomic mass is 32.2. The summed E-state index contributed by atoms with van der Waals surface area (Å²) in [6.45, 7) is 0.0697. The van der Waals surface area contributed by atoms with Crippen molar-refractivity contribution in [3.05, 3.63) is 46.2 Å². The van der Waals surface area contributed by atoms with Gasteiger partial charge in [-0.15, -0.1) is 11.3 Å². The predicted molar refractivity (Wildman–Crippen MR) is 78.4 cm³/mol. The fraction of sp³-hybridized carbons (Fsp3) is 0.0909. The number of nitrogens with zero attached hydrogens (tertiary/aromatic N) is 1. The standard InChI is InChI=1S/C11H10FN3O2S3/c12-8-2-1-3-9(10(8)11(13)18)20(16,17)15-5-7-4-14-6-19-7/h1-4,6,15H,5H2,(H2,13,18). The highest BCUT2D eigenvalue weighted by molar-refractivity contribution is 7.89. The molecule has 0 bridgehead atoms. The van der Waals surface area contributed by atoms with Gasteiger partial charge in [-0.25, -0.2) is 17.5 Å². The Balaban J connectivity index is 2.34. The molecule has 1 heterocycles. The lowest BCUT2D eigenvalue weighted by atomic mass is 10.2. The maximum atomic E-state index is 13.7. The first-order valence-corrected chi connectivity index (χ1v) is 8.14. The molecule has 0 unspecified atom stereocenters. The molecule has 0 fully saturated rings. The third-order valence-electron chi connectivity index (χ3n) is 2.43. The van der Waals surface area contributed by atoms with Gasteiger partial charge >= 0.3 is 0 Å².